The lowest BCUT2D eigenvalue weighted by Crippen LogP contribution is -2.32. The van der Waals surface area contributed by atoms with Gasteiger partial charge in [-0.05, 0) is 50.5 Å². The van der Waals surface area contributed by atoms with Crippen LogP contribution in [-0.4, -0.2) is 33.8 Å². The Morgan fingerprint density at radius 3 is 2.63 bits per heavy atom. The number of hydrogen-bond acceptors (Lipinski definition) is 5. The van der Waals surface area contributed by atoms with Crippen LogP contribution in [0.1, 0.15) is 35.4 Å². The van der Waals surface area contributed by atoms with Crippen molar-refractivity contribution in [1.82, 2.24) is 14.8 Å². The Morgan fingerprint density at radius 2 is 1.87 bits per heavy atom. The molecule has 0 unspecified atom stereocenters. The van der Waals surface area contributed by atoms with Crippen LogP contribution in [0.2, 0.25) is 0 Å². The molecule has 1 amide bonds. The molecule has 2 aromatic heterocycles. The number of carbonyl (C=O) groups excluding carboxylic acids is 1. The number of aryl methyl sites for hydroxylation is 1. The fourth-order valence-electron chi connectivity index (χ4n) is 3.61. The van der Waals surface area contributed by atoms with Gasteiger partial charge in [-0.1, -0.05) is 12.1 Å². The number of halogens is 1. The second kappa shape index (κ2) is 8.44. The van der Waals surface area contributed by atoms with E-state index in [-0.39, 0.29) is 11.4 Å². The number of benzene rings is 1. The number of nitrogens with one attached hydrogen (secondary N) is 1. The molecule has 8 heteroatoms. The predicted molar refractivity (Wildman–Crippen MR) is 113 cm³/mol. The quantitative estimate of drug-likeness (QED) is 0.718. The first kappa shape index (κ1) is 19.8. The molecule has 1 N–H and O–H groups in total. The first-order valence-electron chi connectivity index (χ1n) is 9.92. The van der Waals surface area contributed by atoms with E-state index in [1.807, 2.05) is 0 Å². The lowest BCUT2D eigenvalue weighted by Gasteiger charge is -2.29. The van der Waals surface area contributed by atoms with Crippen molar-refractivity contribution in [2.75, 3.05) is 23.3 Å². The van der Waals surface area contributed by atoms with Gasteiger partial charge in [0, 0.05) is 31.0 Å². The third kappa shape index (κ3) is 3.94. The van der Waals surface area contributed by atoms with Gasteiger partial charge in [0.2, 0.25) is 5.43 Å². The van der Waals surface area contributed by atoms with E-state index in [1.165, 1.54) is 29.3 Å². The van der Waals surface area contributed by atoms with Crippen LogP contribution in [0.4, 0.5) is 15.9 Å². The highest BCUT2D eigenvalue weighted by molar-refractivity contribution is 6.04. The molecule has 1 saturated heterocycles. The molecular weight excluding hydrogens is 385 g/mol. The molecule has 30 heavy (non-hydrogen) atoms. The fourth-order valence-corrected chi connectivity index (χ4v) is 3.61. The van der Waals surface area contributed by atoms with Crippen LogP contribution in [-0.2, 0) is 0 Å². The molecule has 3 aromatic rings. The summed E-state index contributed by atoms with van der Waals surface area (Å²) in [7, 11) is 0. The number of piperidine rings is 1. The van der Waals surface area contributed by atoms with E-state index < -0.39 is 17.2 Å². The summed E-state index contributed by atoms with van der Waals surface area (Å²) in [4.78, 5) is 31.9. The minimum Gasteiger partial charge on any atom is -0.355 e. The Balaban J connectivity index is 1.68. The second-order valence-electron chi connectivity index (χ2n) is 7.24. The monoisotopic (exact) mass is 407 g/mol. The summed E-state index contributed by atoms with van der Waals surface area (Å²) in [5.74, 6) is -0.480. The molecule has 0 aliphatic carbocycles. The van der Waals surface area contributed by atoms with Crippen molar-refractivity contribution < 1.29 is 9.18 Å². The highest BCUT2D eigenvalue weighted by Crippen LogP contribution is 2.26. The number of carbonyl (C=O) groups is 1. The van der Waals surface area contributed by atoms with E-state index in [2.05, 4.69) is 20.3 Å². The summed E-state index contributed by atoms with van der Waals surface area (Å²) in [5.41, 5.74) is 0.276. The van der Waals surface area contributed by atoms with Crippen molar-refractivity contribution in [2.24, 2.45) is 0 Å². The Bertz CT molecular complexity index is 1140. The van der Waals surface area contributed by atoms with E-state index in [4.69, 9.17) is 0 Å². The molecule has 4 rings (SSSR count). The van der Waals surface area contributed by atoms with E-state index in [0.717, 1.165) is 25.9 Å². The number of hydrogen-bond donors (Lipinski definition) is 1. The summed E-state index contributed by atoms with van der Waals surface area (Å²) in [6, 6.07) is 10.8. The average molecular weight is 407 g/mol. The number of anilines is 2. The fraction of sp³-hybridized carbons (Fsp3) is 0.273. The van der Waals surface area contributed by atoms with Gasteiger partial charge in [0.15, 0.2) is 11.5 Å². The molecule has 1 aliphatic heterocycles. The maximum Gasteiger partial charge on any atom is 0.280 e. The smallest absolute Gasteiger partial charge is 0.280 e. The molecule has 154 valence electrons. The topological polar surface area (TPSA) is 80.1 Å². The highest BCUT2D eigenvalue weighted by Gasteiger charge is 2.20. The van der Waals surface area contributed by atoms with Gasteiger partial charge < -0.3 is 10.2 Å². The van der Waals surface area contributed by atoms with Crippen molar-refractivity contribution in [2.45, 2.75) is 26.2 Å². The van der Waals surface area contributed by atoms with E-state index >= 15 is 0 Å². The zero-order valence-corrected chi connectivity index (χ0v) is 16.6. The van der Waals surface area contributed by atoms with E-state index in [0.29, 0.717) is 17.2 Å². The van der Waals surface area contributed by atoms with Gasteiger partial charge in [-0.2, -0.15) is 5.10 Å². The summed E-state index contributed by atoms with van der Waals surface area (Å²) < 4.78 is 15.5. The molecular formula is C22H22FN5O2. The average Bonchev–Trinajstić information content (AvgIpc) is 2.75. The molecule has 0 saturated carbocycles. The van der Waals surface area contributed by atoms with Crippen molar-refractivity contribution in [3.8, 4) is 5.69 Å². The van der Waals surface area contributed by atoms with Gasteiger partial charge in [0.05, 0.1) is 5.69 Å². The number of pyridine rings is 1. The van der Waals surface area contributed by atoms with Gasteiger partial charge in [-0.15, -0.1) is 0 Å². The number of rotatable bonds is 4. The predicted octanol–water partition coefficient (Wildman–Crippen LogP) is 3.32. The number of amides is 1. The second-order valence-corrected chi connectivity index (χ2v) is 7.24. The van der Waals surface area contributed by atoms with Crippen molar-refractivity contribution in [1.29, 1.82) is 0 Å². The lowest BCUT2D eigenvalue weighted by atomic mass is 10.1. The lowest BCUT2D eigenvalue weighted by molar-refractivity contribution is 0.101. The van der Waals surface area contributed by atoms with Crippen molar-refractivity contribution in [3.63, 3.8) is 0 Å². The van der Waals surface area contributed by atoms with Crippen LogP contribution >= 0.6 is 0 Å². The highest BCUT2D eigenvalue weighted by atomic mass is 19.1. The van der Waals surface area contributed by atoms with Gasteiger partial charge in [0.25, 0.3) is 5.91 Å². The van der Waals surface area contributed by atoms with Gasteiger partial charge in [0.1, 0.15) is 11.5 Å². The number of aromatic nitrogens is 3. The van der Waals surface area contributed by atoms with Crippen LogP contribution in [0.3, 0.4) is 0 Å². The maximum absolute atomic E-state index is 14.2. The third-order valence-electron chi connectivity index (χ3n) is 5.09. The van der Waals surface area contributed by atoms with Gasteiger partial charge in [-0.25, -0.2) is 14.1 Å². The molecule has 1 aromatic carbocycles. The summed E-state index contributed by atoms with van der Waals surface area (Å²) in [5, 5.41) is 6.92. The van der Waals surface area contributed by atoms with E-state index in [9.17, 15) is 14.0 Å². The Kier molecular flexibility index (Phi) is 5.56. The van der Waals surface area contributed by atoms with Gasteiger partial charge >= 0.3 is 0 Å². The third-order valence-corrected chi connectivity index (χ3v) is 5.09. The minimum absolute atomic E-state index is 0.166. The maximum atomic E-state index is 14.2. The van der Waals surface area contributed by atoms with Crippen LogP contribution in [0, 0.1) is 12.7 Å². The minimum atomic E-state index is -0.656. The largest absolute Gasteiger partial charge is 0.355 e. The first-order valence-corrected chi connectivity index (χ1v) is 9.92. The van der Waals surface area contributed by atoms with Crippen LogP contribution < -0.4 is 15.6 Å². The van der Waals surface area contributed by atoms with Crippen molar-refractivity contribution in [3.05, 3.63) is 76.1 Å². The van der Waals surface area contributed by atoms with Crippen LogP contribution in [0.5, 0.6) is 0 Å². The molecule has 1 fully saturated rings. The first-order chi connectivity index (χ1) is 14.5. The number of para-hydroxylation sites is 1. The van der Waals surface area contributed by atoms with Crippen LogP contribution in [0.15, 0.2) is 53.5 Å². The Morgan fingerprint density at radius 1 is 1.10 bits per heavy atom. The number of nitrogens with zero attached hydrogens (tertiary/aromatic N) is 4. The summed E-state index contributed by atoms with van der Waals surface area (Å²) >= 11 is 0. The molecule has 0 bridgehead atoms. The van der Waals surface area contributed by atoms with Crippen molar-refractivity contribution >= 4 is 17.4 Å². The molecule has 7 nitrogen and oxygen atoms in total. The summed E-state index contributed by atoms with van der Waals surface area (Å²) in [6.07, 6.45) is 4.98. The standard InChI is InChI=1S/C22H22FN5O2/c1-15-14-19(29)20(26-28(15)18-10-4-3-8-16(18)23)22(30)25-17-9-7-11-24-21(17)27-12-5-2-6-13-27/h3-4,7-11,14H,2,5-6,12-13H2,1H3,(H,25,30). The van der Waals surface area contributed by atoms with Gasteiger partial charge in [-0.3, -0.25) is 9.59 Å². The molecule has 1 aliphatic rings. The molecule has 0 radical (unpaired) electrons. The SMILES string of the molecule is Cc1cc(=O)c(C(=O)Nc2cccnc2N2CCCCC2)nn1-c1ccccc1F. The Hall–Kier alpha value is -3.55. The van der Waals surface area contributed by atoms with Crippen LogP contribution in [0.25, 0.3) is 5.69 Å². The zero-order valence-electron chi connectivity index (χ0n) is 16.6. The summed E-state index contributed by atoms with van der Waals surface area (Å²) in [6.45, 7) is 3.36. The molecule has 0 atom stereocenters. The Labute approximate surface area is 173 Å². The molecule has 3 heterocycles. The zero-order chi connectivity index (χ0) is 21.1. The van der Waals surface area contributed by atoms with E-state index in [1.54, 1.807) is 37.4 Å². The molecule has 0 spiro atoms. The normalized spacial score (nSPS) is 13.9.